The number of fused-ring (bicyclic) bond motifs is 1. The summed E-state index contributed by atoms with van der Waals surface area (Å²) in [6.07, 6.45) is 0.419. The van der Waals surface area contributed by atoms with Gasteiger partial charge in [0.25, 0.3) is 11.8 Å². The Morgan fingerprint density at radius 1 is 0.882 bits per heavy atom. The molecule has 0 heterocycles. The molecule has 176 valence electrons. The van der Waals surface area contributed by atoms with Crippen LogP contribution in [0.3, 0.4) is 0 Å². The number of nitrogens with one attached hydrogen (secondary N) is 4. The lowest BCUT2D eigenvalue weighted by atomic mass is 10.1. The van der Waals surface area contributed by atoms with E-state index in [0.717, 1.165) is 10.8 Å². The van der Waals surface area contributed by atoms with Gasteiger partial charge in [-0.25, -0.2) is 0 Å². The van der Waals surface area contributed by atoms with Gasteiger partial charge in [0.15, 0.2) is 11.7 Å². The minimum atomic E-state index is -0.471. The first kappa shape index (κ1) is 24.7. The topological polar surface area (TPSA) is 109 Å². The number of anilines is 1. The Bertz CT molecular complexity index is 1190. The van der Waals surface area contributed by atoms with Gasteiger partial charge in [-0.3, -0.25) is 30.6 Å². The molecule has 0 aromatic heterocycles. The highest BCUT2D eigenvalue weighted by atomic mass is 32.1. The van der Waals surface area contributed by atoms with Gasteiger partial charge in [0, 0.05) is 17.7 Å². The highest BCUT2D eigenvalue weighted by Crippen LogP contribution is 2.20. The Kier molecular flexibility index (Phi) is 8.53. The zero-order valence-electron chi connectivity index (χ0n) is 18.9. The van der Waals surface area contributed by atoms with Crippen LogP contribution in [0.2, 0.25) is 0 Å². The maximum atomic E-state index is 12.3. The van der Waals surface area contributed by atoms with E-state index >= 15 is 0 Å². The molecule has 0 saturated heterocycles. The van der Waals surface area contributed by atoms with Crippen molar-refractivity contribution in [3.05, 3.63) is 72.3 Å². The maximum absolute atomic E-state index is 12.3. The minimum absolute atomic E-state index is 0.0713. The third-order valence-electron chi connectivity index (χ3n) is 4.66. The summed E-state index contributed by atoms with van der Waals surface area (Å²) in [5.41, 5.74) is 5.84. The average molecular weight is 479 g/mol. The highest BCUT2D eigenvalue weighted by molar-refractivity contribution is 7.80. The van der Waals surface area contributed by atoms with Gasteiger partial charge in [-0.15, -0.1) is 0 Å². The molecule has 4 N–H and O–H groups in total. The first-order chi connectivity index (χ1) is 16.3. The second-order valence-corrected chi connectivity index (χ2v) is 8.39. The molecule has 0 unspecified atom stereocenters. The van der Waals surface area contributed by atoms with Crippen LogP contribution in [0.4, 0.5) is 5.69 Å². The van der Waals surface area contributed by atoms with Gasteiger partial charge in [-0.1, -0.05) is 44.2 Å². The van der Waals surface area contributed by atoms with Crippen LogP contribution in [-0.2, 0) is 9.59 Å². The predicted octanol–water partition coefficient (Wildman–Crippen LogP) is 3.54. The molecule has 3 rings (SSSR count). The maximum Gasteiger partial charge on any atom is 0.269 e. The molecular weight excluding hydrogens is 452 g/mol. The molecule has 0 radical (unpaired) electrons. The second-order valence-electron chi connectivity index (χ2n) is 7.98. The van der Waals surface area contributed by atoms with Crippen LogP contribution < -0.4 is 26.2 Å². The van der Waals surface area contributed by atoms with E-state index in [4.69, 9.17) is 17.0 Å². The summed E-state index contributed by atoms with van der Waals surface area (Å²) in [5.74, 6) is -0.194. The van der Waals surface area contributed by atoms with Crippen molar-refractivity contribution in [1.29, 1.82) is 0 Å². The Balaban J connectivity index is 1.40. The van der Waals surface area contributed by atoms with Crippen molar-refractivity contribution in [2.45, 2.75) is 20.3 Å². The van der Waals surface area contributed by atoms with E-state index in [1.54, 1.807) is 30.3 Å². The summed E-state index contributed by atoms with van der Waals surface area (Å²) in [6, 6.07) is 19.8. The lowest BCUT2D eigenvalue weighted by Gasteiger charge is -2.12. The first-order valence-electron chi connectivity index (χ1n) is 10.7. The number of hydrogen-bond acceptors (Lipinski definition) is 5. The zero-order valence-corrected chi connectivity index (χ0v) is 19.7. The predicted molar refractivity (Wildman–Crippen MR) is 135 cm³/mol. The largest absolute Gasteiger partial charge is 0.484 e. The molecule has 8 nitrogen and oxygen atoms in total. The Morgan fingerprint density at radius 3 is 2.29 bits per heavy atom. The highest BCUT2D eigenvalue weighted by Gasteiger charge is 2.10. The molecule has 0 aliphatic rings. The average Bonchev–Trinajstić information content (AvgIpc) is 2.81. The van der Waals surface area contributed by atoms with Gasteiger partial charge < -0.3 is 10.1 Å². The van der Waals surface area contributed by atoms with Gasteiger partial charge >= 0.3 is 0 Å². The first-order valence-corrected chi connectivity index (χ1v) is 11.1. The number of ether oxygens (including phenoxy) is 1. The SMILES string of the molecule is CC(C)CC(=O)Nc1ccc(C(=O)NNC(=S)NC(=O)COc2ccc3ccccc3c2)cc1. The van der Waals surface area contributed by atoms with E-state index in [9.17, 15) is 14.4 Å². The molecule has 9 heteroatoms. The molecule has 34 heavy (non-hydrogen) atoms. The van der Waals surface area contributed by atoms with Crippen molar-refractivity contribution in [2.24, 2.45) is 5.92 Å². The summed E-state index contributed by atoms with van der Waals surface area (Å²) in [4.78, 5) is 36.2. The van der Waals surface area contributed by atoms with Gasteiger partial charge in [-0.2, -0.15) is 0 Å². The van der Waals surface area contributed by atoms with Crippen molar-refractivity contribution in [3.8, 4) is 5.75 Å². The standard InChI is InChI=1S/C25H26N4O4S/c1-16(2)13-22(30)26-20-10-7-18(8-11-20)24(32)28-29-25(34)27-23(31)15-33-21-12-9-17-5-3-4-6-19(17)14-21/h3-12,14,16H,13,15H2,1-2H3,(H,26,30)(H,28,32)(H2,27,29,31,34). The Morgan fingerprint density at radius 2 is 1.59 bits per heavy atom. The fourth-order valence-corrected chi connectivity index (χ4v) is 3.24. The number of benzene rings is 3. The molecule has 0 fully saturated rings. The van der Waals surface area contributed by atoms with Crippen LogP contribution >= 0.6 is 12.2 Å². The molecular formula is C25H26N4O4S. The van der Waals surface area contributed by atoms with Crippen LogP contribution in [0.15, 0.2) is 66.7 Å². The molecule has 3 aromatic carbocycles. The third kappa shape index (κ3) is 7.56. The quantitative estimate of drug-likeness (QED) is 0.306. The van der Waals surface area contributed by atoms with Crippen LogP contribution in [0.1, 0.15) is 30.6 Å². The van der Waals surface area contributed by atoms with E-state index in [-0.39, 0.29) is 23.5 Å². The Labute approximate surface area is 203 Å². The number of carbonyl (C=O) groups is 3. The van der Waals surface area contributed by atoms with E-state index in [0.29, 0.717) is 23.4 Å². The van der Waals surface area contributed by atoms with Crippen molar-refractivity contribution in [2.75, 3.05) is 11.9 Å². The molecule has 0 aliphatic heterocycles. The van der Waals surface area contributed by atoms with Crippen LogP contribution in [0.25, 0.3) is 10.8 Å². The van der Waals surface area contributed by atoms with Crippen LogP contribution in [0.5, 0.6) is 5.75 Å². The second kappa shape index (κ2) is 11.8. The smallest absolute Gasteiger partial charge is 0.269 e. The molecule has 0 atom stereocenters. The van der Waals surface area contributed by atoms with Crippen molar-refractivity contribution >= 4 is 51.5 Å². The van der Waals surface area contributed by atoms with E-state index in [2.05, 4.69) is 21.5 Å². The lowest BCUT2D eigenvalue weighted by Crippen LogP contribution is -2.49. The number of amides is 3. The van der Waals surface area contributed by atoms with Crippen molar-refractivity contribution in [1.82, 2.24) is 16.2 Å². The monoisotopic (exact) mass is 478 g/mol. The van der Waals surface area contributed by atoms with Crippen LogP contribution in [0, 0.1) is 5.92 Å². The molecule has 0 bridgehead atoms. The zero-order chi connectivity index (χ0) is 24.5. The number of thiocarbonyl (C=S) groups is 1. The summed E-state index contributed by atoms with van der Waals surface area (Å²) in [5, 5.41) is 7.22. The summed E-state index contributed by atoms with van der Waals surface area (Å²) in [7, 11) is 0. The van der Waals surface area contributed by atoms with Gasteiger partial charge in [0.05, 0.1) is 0 Å². The van der Waals surface area contributed by atoms with E-state index in [1.165, 1.54) is 0 Å². The molecule has 0 aliphatic carbocycles. The molecule has 0 spiro atoms. The summed E-state index contributed by atoms with van der Waals surface area (Å²) >= 11 is 5.03. The summed E-state index contributed by atoms with van der Waals surface area (Å²) < 4.78 is 5.51. The number of carbonyl (C=O) groups excluding carboxylic acids is 3. The lowest BCUT2D eigenvalue weighted by molar-refractivity contribution is -0.121. The molecule has 3 amide bonds. The van der Waals surface area contributed by atoms with Gasteiger partial charge in [0.2, 0.25) is 5.91 Å². The number of hydrogen-bond donors (Lipinski definition) is 4. The minimum Gasteiger partial charge on any atom is -0.484 e. The Hall–Kier alpha value is -3.98. The van der Waals surface area contributed by atoms with Gasteiger partial charge in [-0.05, 0) is 65.3 Å². The van der Waals surface area contributed by atoms with Crippen molar-refractivity contribution in [3.63, 3.8) is 0 Å². The van der Waals surface area contributed by atoms with Gasteiger partial charge in [0.1, 0.15) is 5.75 Å². The van der Waals surface area contributed by atoms with E-state index < -0.39 is 11.8 Å². The van der Waals surface area contributed by atoms with Crippen molar-refractivity contribution < 1.29 is 19.1 Å². The number of rotatable bonds is 7. The van der Waals surface area contributed by atoms with Crippen LogP contribution in [-0.4, -0.2) is 29.4 Å². The molecule has 0 saturated carbocycles. The molecule has 3 aromatic rings. The third-order valence-corrected chi connectivity index (χ3v) is 4.86. The van der Waals surface area contributed by atoms with E-state index in [1.807, 2.05) is 50.2 Å². The number of hydrazine groups is 1. The fraction of sp³-hybridized carbons (Fsp3) is 0.200. The fourth-order valence-electron chi connectivity index (χ4n) is 3.07. The normalized spacial score (nSPS) is 10.4. The summed E-state index contributed by atoms with van der Waals surface area (Å²) in [6.45, 7) is 3.69.